The summed E-state index contributed by atoms with van der Waals surface area (Å²) in [6.07, 6.45) is 2.27. The van der Waals surface area contributed by atoms with Crippen LogP contribution in [-0.2, 0) is 24.4 Å². The highest BCUT2D eigenvalue weighted by Crippen LogP contribution is 2.26. The van der Waals surface area contributed by atoms with E-state index in [4.69, 9.17) is 19.0 Å². The summed E-state index contributed by atoms with van der Waals surface area (Å²) in [5, 5.41) is 15.4. The van der Waals surface area contributed by atoms with Crippen molar-refractivity contribution in [1.29, 1.82) is 0 Å². The molecule has 0 bridgehead atoms. The van der Waals surface area contributed by atoms with E-state index in [9.17, 15) is 4.79 Å². The Labute approximate surface area is 195 Å². The van der Waals surface area contributed by atoms with Crippen LogP contribution >= 0.6 is 11.3 Å². The fourth-order valence-electron chi connectivity index (χ4n) is 3.29. The smallest absolute Gasteiger partial charge is 0.303 e. The van der Waals surface area contributed by atoms with Crippen LogP contribution < -0.4 is 9.47 Å². The van der Waals surface area contributed by atoms with Gasteiger partial charge in [0, 0.05) is 18.2 Å². The van der Waals surface area contributed by atoms with Crippen LogP contribution in [-0.4, -0.2) is 32.4 Å². The lowest BCUT2D eigenvalue weighted by Crippen LogP contribution is -2.02. The molecule has 0 spiro atoms. The molecule has 0 aliphatic heterocycles. The average Bonchev–Trinajstić information content (AvgIpc) is 3.53. The topological polar surface area (TPSA) is 99.6 Å². The number of hydrogen-bond acceptors (Lipinski definition) is 7. The molecule has 0 fully saturated rings. The number of carboxylic acids is 1. The van der Waals surface area contributed by atoms with E-state index < -0.39 is 5.97 Å². The van der Waals surface area contributed by atoms with Crippen LogP contribution in [0.1, 0.15) is 35.9 Å². The molecule has 0 atom stereocenters. The Hall–Kier alpha value is -3.59. The second-order valence-electron chi connectivity index (χ2n) is 7.42. The van der Waals surface area contributed by atoms with Crippen LogP contribution in [0.3, 0.4) is 0 Å². The Morgan fingerprint density at radius 3 is 2.73 bits per heavy atom. The van der Waals surface area contributed by atoms with Crippen molar-refractivity contribution in [1.82, 2.24) is 14.8 Å². The van der Waals surface area contributed by atoms with Crippen LogP contribution in [0.15, 0.2) is 52.4 Å². The van der Waals surface area contributed by atoms with E-state index in [0.29, 0.717) is 38.0 Å². The van der Waals surface area contributed by atoms with Crippen LogP contribution in [0.5, 0.6) is 11.6 Å². The van der Waals surface area contributed by atoms with Crippen molar-refractivity contribution in [3.05, 3.63) is 70.6 Å². The molecule has 8 nitrogen and oxygen atoms in total. The predicted molar refractivity (Wildman–Crippen MR) is 124 cm³/mol. The molecule has 3 heterocycles. The number of aromatic nitrogens is 3. The van der Waals surface area contributed by atoms with Gasteiger partial charge in [0.2, 0.25) is 11.8 Å². The van der Waals surface area contributed by atoms with Crippen LogP contribution in [0.2, 0.25) is 0 Å². The maximum atomic E-state index is 10.9. The zero-order chi connectivity index (χ0) is 23.2. The molecule has 0 aliphatic carbocycles. The summed E-state index contributed by atoms with van der Waals surface area (Å²) < 4.78 is 19.0. The molecule has 9 heteroatoms. The quantitative estimate of drug-likeness (QED) is 0.333. The van der Waals surface area contributed by atoms with Gasteiger partial charge in [-0.3, -0.25) is 9.48 Å². The zero-order valence-electron chi connectivity index (χ0n) is 18.5. The number of benzene rings is 1. The summed E-state index contributed by atoms with van der Waals surface area (Å²) in [6, 6.07) is 11.7. The standard InChI is InChI=1S/C24H25N3O5S/c1-3-30-23-18(8-11-22(28)29)14-27(26-23)13-17-6-9-19(10-7-17)31-15-20-16(2)32-24(25-20)21-5-4-12-33-21/h4-7,9-10,12,14H,3,8,11,13,15H2,1-2H3,(H,28,29). The largest absolute Gasteiger partial charge is 0.487 e. The van der Waals surface area contributed by atoms with Gasteiger partial charge in [0.25, 0.3) is 0 Å². The number of aryl methyl sites for hydroxylation is 2. The van der Waals surface area contributed by atoms with Gasteiger partial charge in [-0.2, -0.15) is 0 Å². The molecule has 0 unspecified atom stereocenters. The minimum atomic E-state index is -0.843. The van der Waals surface area contributed by atoms with Crippen LogP contribution in [0.4, 0.5) is 0 Å². The fourth-order valence-corrected chi connectivity index (χ4v) is 3.94. The molecule has 1 N–H and O–H groups in total. The number of ether oxygens (including phenoxy) is 2. The minimum Gasteiger partial charge on any atom is -0.487 e. The molecule has 172 valence electrons. The Balaban J connectivity index is 1.37. The molecule has 0 amide bonds. The number of nitrogens with zero attached hydrogens (tertiary/aromatic N) is 3. The van der Waals surface area contributed by atoms with Gasteiger partial charge in [0.05, 0.1) is 18.0 Å². The predicted octanol–water partition coefficient (Wildman–Crippen LogP) is 4.95. The summed E-state index contributed by atoms with van der Waals surface area (Å²) in [7, 11) is 0. The minimum absolute atomic E-state index is 0.0393. The molecule has 33 heavy (non-hydrogen) atoms. The van der Waals surface area contributed by atoms with Gasteiger partial charge < -0.3 is 19.0 Å². The van der Waals surface area contributed by atoms with Gasteiger partial charge >= 0.3 is 5.97 Å². The Morgan fingerprint density at radius 1 is 1.21 bits per heavy atom. The molecule has 1 aromatic carbocycles. The highest BCUT2D eigenvalue weighted by atomic mass is 32.1. The van der Waals surface area contributed by atoms with E-state index in [0.717, 1.165) is 33.2 Å². The second kappa shape index (κ2) is 10.4. The van der Waals surface area contributed by atoms with Gasteiger partial charge in [-0.1, -0.05) is 18.2 Å². The zero-order valence-corrected chi connectivity index (χ0v) is 19.3. The fraction of sp³-hybridized carbons (Fsp3) is 0.292. The SMILES string of the molecule is CCOc1nn(Cc2ccc(OCc3nc(-c4cccs4)oc3C)cc2)cc1CCC(=O)O. The van der Waals surface area contributed by atoms with Gasteiger partial charge in [-0.25, -0.2) is 4.98 Å². The van der Waals surface area contributed by atoms with Crippen molar-refractivity contribution in [2.75, 3.05) is 6.61 Å². The van der Waals surface area contributed by atoms with E-state index in [2.05, 4.69) is 10.1 Å². The van der Waals surface area contributed by atoms with Crippen molar-refractivity contribution in [3.8, 4) is 22.4 Å². The number of oxazole rings is 1. The van der Waals surface area contributed by atoms with Gasteiger partial charge in [-0.15, -0.1) is 16.4 Å². The third-order valence-corrected chi connectivity index (χ3v) is 5.81. The Bertz CT molecular complexity index is 1200. The molecule has 4 aromatic rings. The van der Waals surface area contributed by atoms with Crippen LogP contribution in [0.25, 0.3) is 10.8 Å². The first-order valence-electron chi connectivity index (χ1n) is 10.6. The number of rotatable bonds is 11. The lowest BCUT2D eigenvalue weighted by Gasteiger charge is -2.06. The van der Waals surface area contributed by atoms with Gasteiger partial charge in [-0.05, 0) is 49.4 Å². The Morgan fingerprint density at radius 2 is 2.03 bits per heavy atom. The molecule has 0 radical (unpaired) electrons. The summed E-state index contributed by atoms with van der Waals surface area (Å²) in [4.78, 5) is 16.4. The molecule has 0 saturated carbocycles. The number of aliphatic carboxylic acids is 1. The van der Waals surface area contributed by atoms with Crippen molar-refractivity contribution < 1.29 is 23.8 Å². The normalized spacial score (nSPS) is 11.0. The number of hydrogen-bond donors (Lipinski definition) is 1. The first-order chi connectivity index (χ1) is 16.0. The second-order valence-corrected chi connectivity index (χ2v) is 8.36. The van der Waals surface area contributed by atoms with Crippen molar-refractivity contribution in [2.45, 2.75) is 39.8 Å². The Kier molecular flexibility index (Phi) is 7.09. The van der Waals surface area contributed by atoms with E-state index in [1.54, 1.807) is 16.0 Å². The third-order valence-electron chi connectivity index (χ3n) is 4.96. The van der Waals surface area contributed by atoms with Gasteiger partial charge in [0.1, 0.15) is 23.8 Å². The van der Waals surface area contributed by atoms with Crippen molar-refractivity contribution in [2.24, 2.45) is 0 Å². The molecule has 4 rings (SSSR count). The molecule has 0 aliphatic rings. The molecule has 0 saturated heterocycles. The number of carboxylic acid groups (broad SMARTS) is 1. The summed E-state index contributed by atoms with van der Waals surface area (Å²) in [5.41, 5.74) is 2.61. The summed E-state index contributed by atoms with van der Waals surface area (Å²) >= 11 is 1.59. The lowest BCUT2D eigenvalue weighted by atomic mass is 10.2. The third kappa shape index (κ3) is 5.81. The summed E-state index contributed by atoms with van der Waals surface area (Å²) in [5.74, 6) is 1.74. The van der Waals surface area contributed by atoms with Crippen molar-refractivity contribution >= 4 is 17.3 Å². The maximum absolute atomic E-state index is 10.9. The van der Waals surface area contributed by atoms with E-state index in [1.807, 2.05) is 61.8 Å². The maximum Gasteiger partial charge on any atom is 0.303 e. The molecule has 3 aromatic heterocycles. The lowest BCUT2D eigenvalue weighted by molar-refractivity contribution is -0.136. The number of carbonyl (C=O) groups is 1. The van der Waals surface area contributed by atoms with E-state index in [1.165, 1.54) is 0 Å². The molecular formula is C24H25N3O5S. The highest BCUT2D eigenvalue weighted by molar-refractivity contribution is 7.13. The first-order valence-corrected chi connectivity index (χ1v) is 11.5. The van der Waals surface area contributed by atoms with E-state index >= 15 is 0 Å². The first kappa shape index (κ1) is 22.6. The monoisotopic (exact) mass is 467 g/mol. The number of thiophene rings is 1. The van der Waals surface area contributed by atoms with E-state index in [-0.39, 0.29) is 6.42 Å². The average molecular weight is 468 g/mol. The van der Waals surface area contributed by atoms with Crippen LogP contribution in [0, 0.1) is 6.92 Å². The molecular weight excluding hydrogens is 442 g/mol. The highest BCUT2D eigenvalue weighted by Gasteiger charge is 2.14. The van der Waals surface area contributed by atoms with Crippen molar-refractivity contribution in [3.63, 3.8) is 0 Å². The van der Waals surface area contributed by atoms with Gasteiger partial charge in [0.15, 0.2) is 0 Å². The summed E-state index contributed by atoms with van der Waals surface area (Å²) in [6.45, 7) is 5.10.